The van der Waals surface area contributed by atoms with Crippen LogP contribution >= 0.6 is 11.6 Å². The number of hydrogen-bond donors (Lipinski definition) is 1. The second kappa shape index (κ2) is 3.83. The Morgan fingerprint density at radius 1 is 1.57 bits per heavy atom. The third-order valence-electron chi connectivity index (χ3n) is 2.63. The molecule has 0 aromatic carbocycles. The van der Waals surface area contributed by atoms with Crippen LogP contribution < -0.4 is 5.73 Å². The van der Waals surface area contributed by atoms with Gasteiger partial charge in [0.1, 0.15) is 0 Å². The first kappa shape index (κ1) is 11.4. The van der Waals surface area contributed by atoms with Crippen molar-refractivity contribution in [2.45, 2.75) is 26.3 Å². The standard InChI is InChI=1S/C10H14ClFN2/c1-6(2)10(3,13)7-4-5-14-9(11)8(7)12/h4-6H,13H2,1-3H3. The van der Waals surface area contributed by atoms with Crippen LogP contribution in [0.15, 0.2) is 12.3 Å². The van der Waals surface area contributed by atoms with Crippen molar-refractivity contribution in [1.29, 1.82) is 0 Å². The van der Waals surface area contributed by atoms with Crippen LogP contribution in [-0.2, 0) is 5.54 Å². The molecule has 4 heteroatoms. The number of nitrogens with two attached hydrogens (primary N) is 1. The van der Waals surface area contributed by atoms with Crippen LogP contribution in [0, 0.1) is 11.7 Å². The molecular formula is C10H14ClFN2. The minimum absolute atomic E-state index is 0.121. The Kier molecular flexibility index (Phi) is 3.12. The lowest BCUT2D eigenvalue weighted by Gasteiger charge is -2.29. The number of pyridine rings is 1. The molecule has 0 amide bonds. The fourth-order valence-electron chi connectivity index (χ4n) is 1.15. The zero-order valence-electron chi connectivity index (χ0n) is 8.51. The van der Waals surface area contributed by atoms with Gasteiger partial charge in [0.25, 0.3) is 0 Å². The van der Waals surface area contributed by atoms with Gasteiger partial charge in [-0.15, -0.1) is 0 Å². The van der Waals surface area contributed by atoms with E-state index in [0.717, 1.165) is 0 Å². The van der Waals surface area contributed by atoms with E-state index in [1.54, 1.807) is 13.0 Å². The maximum Gasteiger partial charge on any atom is 0.165 e. The van der Waals surface area contributed by atoms with E-state index < -0.39 is 11.4 Å². The van der Waals surface area contributed by atoms with Crippen LogP contribution in [-0.4, -0.2) is 4.98 Å². The predicted octanol–water partition coefficient (Wildman–Crippen LogP) is 2.70. The summed E-state index contributed by atoms with van der Waals surface area (Å²) in [6, 6.07) is 1.57. The van der Waals surface area contributed by atoms with Gasteiger partial charge in [-0.2, -0.15) is 0 Å². The van der Waals surface area contributed by atoms with Crippen molar-refractivity contribution in [3.05, 3.63) is 28.8 Å². The van der Waals surface area contributed by atoms with Crippen molar-refractivity contribution < 1.29 is 4.39 Å². The lowest BCUT2D eigenvalue weighted by Crippen LogP contribution is -2.39. The predicted molar refractivity (Wildman–Crippen MR) is 55.6 cm³/mol. The normalized spacial score (nSPS) is 15.6. The Bertz CT molecular complexity index is 337. The van der Waals surface area contributed by atoms with Crippen molar-refractivity contribution in [3.63, 3.8) is 0 Å². The molecule has 0 aliphatic heterocycles. The Morgan fingerprint density at radius 2 is 2.14 bits per heavy atom. The van der Waals surface area contributed by atoms with E-state index in [-0.39, 0.29) is 11.1 Å². The van der Waals surface area contributed by atoms with Crippen LogP contribution in [0.1, 0.15) is 26.3 Å². The van der Waals surface area contributed by atoms with Crippen LogP contribution in [0.25, 0.3) is 0 Å². The zero-order valence-corrected chi connectivity index (χ0v) is 9.27. The van der Waals surface area contributed by atoms with Gasteiger partial charge < -0.3 is 5.73 Å². The minimum atomic E-state index is -0.726. The molecule has 78 valence electrons. The maximum atomic E-state index is 13.6. The van der Waals surface area contributed by atoms with Gasteiger partial charge in [-0.1, -0.05) is 25.4 Å². The average Bonchev–Trinajstić information content (AvgIpc) is 2.09. The molecule has 0 spiro atoms. The third kappa shape index (κ3) is 1.88. The topological polar surface area (TPSA) is 38.9 Å². The van der Waals surface area contributed by atoms with E-state index in [4.69, 9.17) is 17.3 Å². The molecule has 2 nitrogen and oxygen atoms in total. The molecule has 0 aliphatic rings. The first-order valence-corrected chi connectivity index (χ1v) is 4.84. The first-order chi connectivity index (χ1) is 6.37. The fourth-order valence-corrected chi connectivity index (χ4v) is 1.30. The summed E-state index contributed by atoms with van der Waals surface area (Å²) in [6.07, 6.45) is 1.47. The molecular weight excluding hydrogens is 203 g/mol. The third-order valence-corrected chi connectivity index (χ3v) is 2.89. The summed E-state index contributed by atoms with van der Waals surface area (Å²) in [5.74, 6) is -0.400. The summed E-state index contributed by atoms with van der Waals surface area (Å²) < 4.78 is 13.6. The highest BCUT2D eigenvalue weighted by atomic mass is 35.5. The molecule has 1 rings (SSSR count). The molecule has 14 heavy (non-hydrogen) atoms. The van der Waals surface area contributed by atoms with Crippen molar-refractivity contribution >= 4 is 11.6 Å². The van der Waals surface area contributed by atoms with E-state index >= 15 is 0 Å². The van der Waals surface area contributed by atoms with E-state index in [9.17, 15) is 4.39 Å². The molecule has 0 bridgehead atoms. The summed E-state index contributed by atoms with van der Waals surface area (Å²) in [7, 11) is 0. The molecule has 0 aliphatic carbocycles. The first-order valence-electron chi connectivity index (χ1n) is 4.46. The van der Waals surface area contributed by atoms with E-state index in [1.165, 1.54) is 6.20 Å². The summed E-state index contributed by atoms with van der Waals surface area (Å²) >= 11 is 5.58. The summed E-state index contributed by atoms with van der Waals surface area (Å²) in [4.78, 5) is 3.65. The van der Waals surface area contributed by atoms with Crippen molar-refractivity contribution in [2.24, 2.45) is 11.7 Å². The number of aromatic nitrogens is 1. The van der Waals surface area contributed by atoms with Crippen LogP contribution in [0.3, 0.4) is 0 Å². The second-order valence-electron chi connectivity index (χ2n) is 3.90. The molecule has 1 atom stereocenters. The number of hydrogen-bond acceptors (Lipinski definition) is 2. The van der Waals surface area contributed by atoms with Gasteiger partial charge in [0.2, 0.25) is 0 Å². The van der Waals surface area contributed by atoms with Crippen molar-refractivity contribution in [1.82, 2.24) is 4.98 Å². The minimum Gasteiger partial charge on any atom is -0.321 e. The molecule has 2 N–H and O–H groups in total. The molecule has 0 fully saturated rings. The number of rotatable bonds is 2. The molecule has 0 radical (unpaired) electrons. The lowest BCUT2D eigenvalue weighted by molar-refractivity contribution is 0.336. The highest BCUT2D eigenvalue weighted by Crippen LogP contribution is 2.30. The Morgan fingerprint density at radius 3 is 2.64 bits per heavy atom. The smallest absolute Gasteiger partial charge is 0.165 e. The van der Waals surface area contributed by atoms with Crippen molar-refractivity contribution in [3.8, 4) is 0 Å². The molecule has 1 aromatic rings. The average molecular weight is 217 g/mol. The van der Waals surface area contributed by atoms with Crippen molar-refractivity contribution in [2.75, 3.05) is 0 Å². The van der Waals surface area contributed by atoms with E-state index in [2.05, 4.69) is 4.98 Å². The number of nitrogens with zero attached hydrogens (tertiary/aromatic N) is 1. The highest BCUT2D eigenvalue weighted by Gasteiger charge is 2.29. The zero-order chi connectivity index (χ0) is 10.9. The molecule has 1 aromatic heterocycles. The molecule has 1 unspecified atom stereocenters. The monoisotopic (exact) mass is 216 g/mol. The summed E-state index contributed by atoms with van der Waals surface area (Å²) in [5, 5.41) is -0.125. The Balaban J connectivity index is 3.26. The summed E-state index contributed by atoms with van der Waals surface area (Å²) in [5.41, 5.74) is 5.71. The van der Waals surface area contributed by atoms with Gasteiger partial charge in [0.15, 0.2) is 11.0 Å². The van der Waals surface area contributed by atoms with Crippen LogP contribution in [0.5, 0.6) is 0 Å². The Hall–Kier alpha value is -0.670. The fraction of sp³-hybridized carbons (Fsp3) is 0.500. The largest absolute Gasteiger partial charge is 0.321 e. The molecule has 1 heterocycles. The van der Waals surface area contributed by atoms with Gasteiger partial charge in [-0.3, -0.25) is 0 Å². The van der Waals surface area contributed by atoms with Gasteiger partial charge >= 0.3 is 0 Å². The second-order valence-corrected chi connectivity index (χ2v) is 4.26. The van der Waals surface area contributed by atoms with E-state index in [0.29, 0.717) is 5.56 Å². The van der Waals surface area contributed by atoms with Gasteiger partial charge in [-0.25, -0.2) is 9.37 Å². The van der Waals surface area contributed by atoms with Gasteiger partial charge in [-0.05, 0) is 18.9 Å². The highest BCUT2D eigenvalue weighted by molar-refractivity contribution is 6.29. The molecule has 0 saturated heterocycles. The van der Waals surface area contributed by atoms with Gasteiger partial charge in [0, 0.05) is 17.3 Å². The SMILES string of the molecule is CC(C)C(C)(N)c1ccnc(Cl)c1F. The molecule has 0 saturated carbocycles. The quantitative estimate of drug-likeness (QED) is 0.773. The lowest BCUT2D eigenvalue weighted by atomic mass is 9.83. The Labute approximate surface area is 88.3 Å². The maximum absolute atomic E-state index is 13.6. The number of halogens is 2. The summed E-state index contributed by atoms with van der Waals surface area (Å²) in [6.45, 7) is 5.66. The van der Waals surface area contributed by atoms with E-state index in [1.807, 2.05) is 13.8 Å². The van der Waals surface area contributed by atoms with Crippen LogP contribution in [0.2, 0.25) is 5.15 Å². The van der Waals surface area contributed by atoms with Crippen LogP contribution in [0.4, 0.5) is 4.39 Å². The van der Waals surface area contributed by atoms with Gasteiger partial charge in [0.05, 0.1) is 0 Å².